The van der Waals surface area contributed by atoms with Crippen molar-refractivity contribution in [1.82, 2.24) is 0 Å². The number of carbonyl (C=O) groups excluding carboxylic acids is 1. The summed E-state index contributed by atoms with van der Waals surface area (Å²) in [5, 5.41) is 60.1. The van der Waals surface area contributed by atoms with E-state index in [1.54, 1.807) is 25.1 Å². The molecule has 1 aromatic carbocycles. The van der Waals surface area contributed by atoms with E-state index in [2.05, 4.69) is 0 Å². The predicted molar refractivity (Wildman–Crippen MR) is 118 cm³/mol. The van der Waals surface area contributed by atoms with Crippen molar-refractivity contribution < 1.29 is 54.4 Å². The van der Waals surface area contributed by atoms with E-state index in [0.29, 0.717) is 5.56 Å². The summed E-state index contributed by atoms with van der Waals surface area (Å²) in [5.41, 5.74) is -0.699. The van der Waals surface area contributed by atoms with Gasteiger partial charge in [-0.25, -0.2) is 4.79 Å². The fraction of sp³-hybridized carbons (Fsp3) is 0.542. The molecule has 0 amide bonds. The van der Waals surface area contributed by atoms with E-state index in [0.717, 1.165) is 0 Å². The van der Waals surface area contributed by atoms with Gasteiger partial charge in [-0.15, -0.1) is 0 Å². The van der Waals surface area contributed by atoms with E-state index >= 15 is 0 Å². The van der Waals surface area contributed by atoms with Crippen LogP contribution in [0.15, 0.2) is 42.7 Å². The highest BCUT2D eigenvalue weighted by molar-refractivity contribution is 5.87. The minimum atomic E-state index is -1.63. The van der Waals surface area contributed by atoms with Gasteiger partial charge in [0.25, 0.3) is 0 Å². The summed E-state index contributed by atoms with van der Waals surface area (Å²) >= 11 is 0. The van der Waals surface area contributed by atoms with Gasteiger partial charge in [-0.2, -0.15) is 0 Å². The Hall–Kier alpha value is -2.51. The van der Waals surface area contributed by atoms with Gasteiger partial charge in [0.15, 0.2) is 6.29 Å². The molecular formula is C24H30O11. The van der Waals surface area contributed by atoms with E-state index in [9.17, 15) is 35.4 Å². The Labute approximate surface area is 201 Å². The van der Waals surface area contributed by atoms with Crippen LogP contribution in [0.4, 0.5) is 0 Å². The molecule has 6 N–H and O–H groups in total. The Morgan fingerprint density at radius 3 is 2.54 bits per heavy atom. The molecule has 35 heavy (non-hydrogen) atoms. The fourth-order valence-corrected chi connectivity index (χ4v) is 4.83. The molecule has 1 saturated carbocycles. The number of rotatable bonds is 6. The highest BCUT2D eigenvalue weighted by atomic mass is 16.8. The Morgan fingerprint density at radius 2 is 1.86 bits per heavy atom. The monoisotopic (exact) mass is 494 g/mol. The number of fused-ring (bicyclic) bond motifs is 1. The molecule has 10 unspecified atom stereocenters. The van der Waals surface area contributed by atoms with Gasteiger partial charge in [0, 0.05) is 18.4 Å². The molecule has 3 aliphatic rings. The number of phenols is 1. The Morgan fingerprint density at radius 1 is 1.14 bits per heavy atom. The van der Waals surface area contributed by atoms with Crippen molar-refractivity contribution in [2.75, 3.05) is 6.61 Å². The van der Waals surface area contributed by atoms with Crippen molar-refractivity contribution in [3.05, 3.63) is 48.2 Å². The Bertz CT molecular complexity index is 941. The maximum absolute atomic E-state index is 12.4. The lowest BCUT2D eigenvalue weighted by molar-refractivity contribution is -0.346. The van der Waals surface area contributed by atoms with E-state index in [1.165, 1.54) is 30.5 Å². The minimum absolute atomic E-state index is 0.0867. The van der Waals surface area contributed by atoms with Crippen LogP contribution in [0.3, 0.4) is 0 Å². The van der Waals surface area contributed by atoms with Crippen LogP contribution >= 0.6 is 0 Å². The van der Waals surface area contributed by atoms with E-state index < -0.39 is 73.1 Å². The molecule has 11 heteroatoms. The number of benzene rings is 1. The predicted octanol–water partition coefficient (Wildman–Crippen LogP) is -0.609. The van der Waals surface area contributed by atoms with Crippen LogP contribution in [0.2, 0.25) is 0 Å². The number of carbonyl (C=O) groups is 1. The summed E-state index contributed by atoms with van der Waals surface area (Å²) in [5.74, 6) is -1.72. The van der Waals surface area contributed by atoms with Crippen molar-refractivity contribution in [2.24, 2.45) is 11.8 Å². The number of ether oxygens (including phenoxy) is 4. The maximum Gasteiger partial charge on any atom is 0.331 e. The molecule has 0 aromatic heterocycles. The van der Waals surface area contributed by atoms with Crippen LogP contribution in [-0.4, -0.2) is 91.9 Å². The van der Waals surface area contributed by atoms with E-state index in [1.807, 2.05) is 0 Å². The van der Waals surface area contributed by atoms with Gasteiger partial charge < -0.3 is 49.6 Å². The van der Waals surface area contributed by atoms with Crippen molar-refractivity contribution in [3.63, 3.8) is 0 Å². The molecule has 0 bridgehead atoms. The van der Waals surface area contributed by atoms with Gasteiger partial charge in [-0.3, -0.25) is 0 Å². The maximum atomic E-state index is 12.4. The first kappa shape index (κ1) is 25.6. The van der Waals surface area contributed by atoms with E-state index in [-0.39, 0.29) is 12.2 Å². The van der Waals surface area contributed by atoms with Crippen LogP contribution in [-0.2, 0) is 23.7 Å². The van der Waals surface area contributed by atoms with Gasteiger partial charge in [-0.05, 0) is 36.8 Å². The molecule has 4 rings (SSSR count). The number of hydrogen-bond donors (Lipinski definition) is 6. The molecule has 11 nitrogen and oxygen atoms in total. The zero-order valence-electron chi connectivity index (χ0n) is 19.0. The molecule has 1 aromatic rings. The first-order chi connectivity index (χ1) is 16.6. The summed E-state index contributed by atoms with van der Waals surface area (Å²) in [6.07, 6.45) is -3.39. The summed E-state index contributed by atoms with van der Waals surface area (Å²) in [7, 11) is 0. The molecule has 192 valence electrons. The zero-order chi connectivity index (χ0) is 25.3. The third-order valence-corrected chi connectivity index (χ3v) is 6.67. The number of hydrogen-bond acceptors (Lipinski definition) is 11. The highest BCUT2D eigenvalue weighted by Crippen LogP contribution is 2.48. The number of phenolic OH excluding ortho intramolecular Hbond substituents is 1. The Balaban J connectivity index is 1.44. The number of aliphatic hydroxyl groups is 5. The summed E-state index contributed by atoms with van der Waals surface area (Å²) < 4.78 is 22.3. The Kier molecular flexibility index (Phi) is 7.48. The number of aromatic hydroxyl groups is 1. The van der Waals surface area contributed by atoms with Crippen LogP contribution in [0.1, 0.15) is 18.9 Å². The third-order valence-electron chi connectivity index (χ3n) is 6.67. The van der Waals surface area contributed by atoms with Crippen LogP contribution in [0.5, 0.6) is 5.75 Å². The standard InChI is InChI=1S/C24H30O11/c1-24(31)10-15(33-17(27)7-4-12-2-5-13(26)6-3-12)14-8-9-32-22(18(14)24)35-23-21(30)20(29)19(28)16(11-25)34-23/h2-9,14-16,18-23,25-26,28-31H,10-11H2,1H3. The van der Waals surface area contributed by atoms with Gasteiger partial charge >= 0.3 is 5.97 Å². The van der Waals surface area contributed by atoms with Crippen molar-refractivity contribution in [1.29, 1.82) is 0 Å². The SMILES string of the molecule is CC1(O)CC(OC(=O)C=Cc2ccc(O)cc2)C2C=COC(OC3OC(CO)C(O)C(O)C3O)C21. The minimum Gasteiger partial charge on any atom is -0.508 e. The summed E-state index contributed by atoms with van der Waals surface area (Å²) in [6, 6.07) is 6.26. The lowest BCUT2D eigenvalue weighted by atomic mass is 9.85. The average Bonchev–Trinajstić information content (AvgIpc) is 3.09. The second kappa shape index (κ2) is 10.2. The van der Waals surface area contributed by atoms with Crippen LogP contribution < -0.4 is 0 Å². The average molecular weight is 494 g/mol. The topological polar surface area (TPSA) is 175 Å². The van der Waals surface area contributed by atoms with Crippen molar-refractivity contribution in [3.8, 4) is 5.75 Å². The quantitative estimate of drug-likeness (QED) is 0.220. The molecule has 0 spiro atoms. The molecule has 1 saturated heterocycles. The normalized spacial score (nSPS) is 40.9. The smallest absolute Gasteiger partial charge is 0.331 e. The molecular weight excluding hydrogens is 464 g/mol. The van der Waals surface area contributed by atoms with Crippen molar-refractivity contribution >= 4 is 12.0 Å². The first-order valence-electron chi connectivity index (χ1n) is 11.3. The summed E-state index contributed by atoms with van der Waals surface area (Å²) in [6.45, 7) is 0.937. The molecule has 2 aliphatic heterocycles. The molecule has 1 aliphatic carbocycles. The van der Waals surface area contributed by atoms with Crippen molar-refractivity contribution in [2.45, 2.75) is 62.0 Å². The first-order valence-corrected chi connectivity index (χ1v) is 11.3. The molecule has 2 heterocycles. The van der Waals surface area contributed by atoms with E-state index in [4.69, 9.17) is 18.9 Å². The van der Waals surface area contributed by atoms with Crippen LogP contribution in [0, 0.1) is 11.8 Å². The highest BCUT2D eigenvalue weighted by Gasteiger charge is 2.57. The lowest BCUT2D eigenvalue weighted by Crippen LogP contribution is -2.60. The second-order valence-electron chi connectivity index (χ2n) is 9.23. The zero-order valence-corrected chi connectivity index (χ0v) is 19.0. The fourth-order valence-electron chi connectivity index (χ4n) is 4.83. The van der Waals surface area contributed by atoms with Gasteiger partial charge in [0.2, 0.25) is 6.29 Å². The largest absolute Gasteiger partial charge is 0.508 e. The second-order valence-corrected chi connectivity index (χ2v) is 9.23. The summed E-state index contributed by atoms with van der Waals surface area (Å²) in [4.78, 5) is 12.4. The molecule has 0 radical (unpaired) electrons. The number of esters is 1. The lowest BCUT2D eigenvalue weighted by Gasteiger charge is -2.43. The van der Waals surface area contributed by atoms with Gasteiger partial charge in [0.05, 0.1) is 24.4 Å². The van der Waals surface area contributed by atoms with Crippen LogP contribution in [0.25, 0.3) is 6.08 Å². The molecule has 2 fully saturated rings. The third kappa shape index (κ3) is 5.36. The molecule has 10 atom stereocenters. The number of aliphatic hydroxyl groups excluding tert-OH is 4. The van der Waals surface area contributed by atoms with Gasteiger partial charge in [-0.1, -0.05) is 12.1 Å². The van der Waals surface area contributed by atoms with Gasteiger partial charge in [0.1, 0.15) is 36.3 Å².